The zero-order valence-corrected chi connectivity index (χ0v) is 8.91. The minimum Gasteiger partial charge on any atom is -0.381 e. The van der Waals surface area contributed by atoms with Crippen LogP contribution in [0, 0.1) is 0 Å². The molecule has 0 N–H and O–H groups in total. The molecule has 0 aromatic heterocycles. The fraction of sp³-hybridized carbons (Fsp3) is 0.800. The monoisotopic (exact) mass is 188 g/mol. The van der Waals surface area contributed by atoms with Crippen LogP contribution in [0.3, 0.4) is 0 Å². The van der Waals surface area contributed by atoms with Gasteiger partial charge in [-0.1, -0.05) is 12.0 Å². The molecular formula is C10H20OS. The van der Waals surface area contributed by atoms with E-state index in [0.717, 1.165) is 31.8 Å². The smallest absolute Gasteiger partial charge is 0.0502 e. The summed E-state index contributed by atoms with van der Waals surface area (Å²) in [5, 5.41) is 0. The van der Waals surface area contributed by atoms with Crippen molar-refractivity contribution in [2.24, 2.45) is 0 Å². The third-order valence-corrected chi connectivity index (χ3v) is 1.94. The molecule has 0 amide bonds. The molecular weight excluding hydrogens is 168 g/mol. The molecule has 1 nitrogen and oxygen atoms in total. The molecule has 0 bridgehead atoms. The van der Waals surface area contributed by atoms with Crippen molar-refractivity contribution < 1.29 is 4.74 Å². The van der Waals surface area contributed by atoms with Crippen molar-refractivity contribution in [2.45, 2.75) is 32.6 Å². The first-order valence-electron chi connectivity index (χ1n) is 4.60. The van der Waals surface area contributed by atoms with E-state index in [1.807, 2.05) is 6.92 Å². The summed E-state index contributed by atoms with van der Waals surface area (Å²) in [6.07, 6.45) is 4.59. The SMILES string of the molecule is C=C(C)CCOCCCCCS. The molecule has 0 aliphatic heterocycles. The van der Waals surface area contributed by atoms with Gasteiger partial charge in [0.25, 0.3) is 0 Å². The lowest BCUT2D eigenvalue weighted by Crippen LogP contribution is -1.97. The molecule has 0 radical (unpaired) electrons. The third kappa shape index (κ3) is 10.0. The van der Waals surface area contributed by atoms with Crippen LogP contribution in [-0.2, 0) is 4.74 Å². The molecule has 2 heteroatoms. The standard InChI is InChI=1S/C10H20OS/c1-10(2)6-8-11-7-4-3-5-9-12/h12H,1,3-9H2,2H3. The third-order valence-electron chi connectivity index (χ3n) is 1.62. The Labute approximate surface area is 81.6 Å². The van der Waals surface area contributed by atoms with Crippen molar-refractivity contribution in [3.8, 4) is 0 Å². The van der Waals surface area contributed by atoms with Gasteiger partial charge in [0.15, 0.2) is 0 Å². The highest BCUT2D eigenvalue weighted by Gasteiger charge is 1.90. The van der Waals surface area contributed by atoms with Crippen LogP contribution in [0.15, 0.2) is 12.2 Å². The summed E-state index contributed by atoms with van der Waals surface area (Å²) in [6, 6.07) is 0. The molecule has 0 aliphatic rings. The van der Waals surface area contributed by atoms with Crippen molar-refractivity contribution >= 4 is 12.6 Å². The van der Waals surface area contributed by atoms with Gasteiger partial charge in [-0.05, 0) is 31.9 Å². The molecule has 0 rings (SSSR count). The summed E-state index contributed by atoms with van der Waals surface area (Å²) in [5.41, 5.74) is 1.20. The Kier molecular flexibility index (Phi) is 9.18. The van der Waals surface area contributed by atoms with Gasteiger partial charge in [0.2, 0.25) is 0 Å². The lowest BCUT2D eigenvalue weighted by Gasteiger charge is -2.02. The van der Waals surface area contributed by atoms with Crippen molar-refractivity contribution in [1.29, 1.82) is 0 Å². The van der Waals surface area contributed by atoms with Crippen molar-refractivity contribution in [1.82, 2.24) is 0 Å². The topological polar surface area (TPSA) is 9.23 Å². The van der Waals surface area contributed by atoms with Gasteiger partial charge in [-0.3, -0.25) is 0 Å². The quantitative estimate of drug-likeness (QED) is 0.350. The largest absolute Gasteiger partial charge is 0.381 e. The molecule has 0 aromatic carbocycles. The first kappa shape index (κ1) is 12.0. The molecule has 0 unspecified atom stereocenters. The second-order valence-electron chi connectivity index (χ2n) is 3.10. The summed E-state index contributed by atoms with van der Waals surface area (Å²) in [7, 11) is 0. The van der Waals surface area contributed by atoms with Crippen LogP contribution in [0.25, 0.3) is 0 Å². The van der Waals surface area contributed by atoms with Crippen LogP contribution in [0.5, 0.6) is 0 Å². The second kappa shape index (κ2) is 9.14. The van der Waals surface area contributed by atoms with E-state index in [0.29, 0.717) is 0 Å². The van der Waals surface area contributed by atoms with Gasteiger partial charge < -0.3 is 4.74 Å². The minimum absolute atomic E-state index is 0.830. The highest BCUT2D eigenvalue weighted by atomic mass is 32.1. The normalized spacial score (nSPS) is 10.2. The number of rotatable bonds is 8. The molecule has 0 saturated carbocycles. The van der Waals surface area contributed by atoms with Gasteiger partial charge in [0, 0.05) is 6.61 Å². The number of hydrogen-bond donors (Lipinski definition) is 1. The number of hydrogen-bond acceptors (Lipinski definition) is 2. The molecule has 12 heavy (non-hydrogen) atoms. The van der Waals surface area contributed by atoms with Gasteiger partial charge in [-0.2, -0.15) is 12.6 Å². The highest BCUT2D eigenvalue weighted by molar-refractivity contribution is 7.80. The minimum atomic E-state index is 0.830. The van der Waals surface area contributed by atoms with Gasteiger partial charge in [-0.25, -0.2) is 0 Å². The van der Waals surface area contributed by atoms with Crippen LogP contribution in [0.2, 0.25) is 0 Å². The Bertz CT molecular complexity index is 112. The van der Waals surface area contributed by atoms with E-state index in [4.69, 9.17) is 4.74 Å². The van der Waals surface area contributed by atoms with E-state index in [2.05, 4.69) is 19.2 Å². The van der Waals surface area contributed by atoms with E-state index in [1.165, 1.54) is 18.4 Å². The molecule has 0 fully saturated rings. The van der Waals surface area contributed by atoms with Gasteiger partial charge in [0.1, 0.15) is 0 Å². The van der Waals surface area contributed by atoms with Crippen LogP contribution in [0.4, 0.5) is 0 Å². The predicted molar refractivity (Wildman–Crippen MR) is 58.0 cm³/mol. The molecule has 0 aliphatic carbocycles. The lowest BCUT2D eigenvalue weighted by atomic mass is 10.2. The van der Waals surface area contributed by atoms with Crippen molar-refractivity contribution in [3.63, 3.8) is 0 Å². The summed E-state index contributed by atoms with van der Waals surface area (Å²) in [4.78, 5) is 0. The molecule has 0 spiro atoms. The van der Waals surface area contributed by atoms with Crippen molar-refractivity contribution in [2.75, 3.05) is 19.0 Å². The average Bonchev–Trinajstić information content (AvgIpc) is 2.02. The van der Waals surface area contributed by atoms with Gasteiger partial charge >= 0.3 is 0 Å². The van der Waals surface area contributed by atoms with E-state index in [-0.39, 0.29) is 0 Å². The average molecular weight is 188 g/mol. The molecule has 72 valence electrons. The maximum Gasteiger partial charge on any atom is 0.0502 e. The zero-order valence-electron chi connectivity index (χ0n) is 8.01. The van der Waals surface area contributed by atoms with Crippen LogP contribution >= 0.6 is 12.6 Å². The first-order valence-corrected chi connectivity index (χ1v) is 5.23. The second-order valence-corrected chi connectivity index (χ2v) is 3.55. The maximum atomic E-state index is 5.41. The summed E-state index contributed by atoms with van der Waals surface area (Å²) in [6.45, 7) is 7.56. The van der Waals surface area contributed by atoms with Crippen LogP contribution < -0.4 is 0 Å². The summed E-state index contributed by atoms with van der Waals surface area (Å²) < 4.78 is 5.41. The fourth-order valence-electron chi connectivity index (χ4n) is 0.841. The fourth-order valence-corrected chi connectivity index (χ4v) is 1.06. The molecule has 0 saturated heterocycles. The van der Waals surface area contributed by atoms with E-state index in [9.17, 15) is 0 Å². The van der Waals surface area contributed by atoms with Crippen LogP contribution in [0.1, 0.15) is 32.6 Å². The summed E-state index contributed by atoms with van der Waals surface area (Å²) >= 11 is 4.14. The lowest BCUT2D eigenvalue weighted by molar-refractivity contribution is 0.133. The van der Waals surface area contributed by atoms with E-state index in [1.54, 1.807) is 0 Å². The molecule has 0 atom stereocenters. The first-order chi connectivity index (χ1) is 5.77. The Morgan fingerprint density at radius 2 is 2.00 bits per heavy atom. The maximum absolute atomic E-state index is 5.41. The molecule has 0 aromatic rings. The Hall–Kier alpha value is 0.0500. The van der Waals surface area contributed by atoms with Gasteiger partial charge in [0.05, 0.1) is 6.61 Å². The predicted octanol–water partition coefficient (Wildman–Crippen LogP) is 3.07. The van der Waals surface area contributed by atoms with E-state index >= 15 is 0 Å². The number of ether oxygens (including phenoxy) is 1. The summed E-state index contributed by atoms with van der Waals surface area (Å²) in [5.74, 6) is 0.992. The zero-order chi connectivity index (χ0) is 9.23. The highest BCUT2D eigenvalue weighted by Crippen LogP contribution is 1.99. The van der Waals surface area contributed by atoms with E-state index < -0.39 is 0 Å². The number of thiol groups is 1. The molecule has 0 heterocycles. The van der Waals surface area contributed by atoms with Crippen LogP contribution in [-0.4, -0.2) is 19.0 Å². The van der Waals surface area contributed by atoms with Gasteiger partial charge in [-0.15, -0.1) is 6.58 Å². The Morgan fingerprint density at radius 1 is 1.25 bits per heavy atom. The Morgan fingerprint density at radius 3 is 2.58 bits per heavy atom. The Balaban J connectivity index is 2.86. The van der Waals surface area contributed by atoms with Crippen molar-refractivity contribution in [3.05, 3.63) is 12.2 Å². The number of unbranched alkanes of at least 4 members (excludes halogenated alkanes) is 2.